The molecule has 0 aliphatic carbocycles. The number of ether oxygens (including phenoxy) is 2. The second kappa shape index (κ2) is 5.81. The highest BCUT2D eigenvalue weighted by atomic mass is 79.9. The van der Waals surface area contributed by atoms with Crippen molar-refractivity contribution < 1.29 is 14.6 Å². The summed E-state index contributed by atoms with van der Waals surface area (Å²) in [6.45, 7) is 2.26. The number of benzene rings is 1. The molecular formula is C15H19BrO3. The lowest BCUT2D eigenvalue weighted by atomic mass is 9.91. The van der Waals surface area contributed by atoms with E-state index in [0.717, 1.165) is 48.3 Å². The van der Waals surface area contributed by atoms with Crippen LogP contribution in [0.5, 0.6) is 5.75 Å². The molecule has 1 fully saturated rings. The van der Waals surface area contributed by atoms with Crippen molar-refractivity contribution in [2.45, 2.75) is 31.8 Å². The van der Waals surface area contributed by atoms with Crippen molar-refractivity contribution in [1.82, 2.24) is 0 Å². The summed E-state index contributed by atoms with van der Waals surface area (Å²) in [7, 11) is 0. The Kier molecular flexibility index (Phi) is 4.10. The molecule has 0 amide bonds. The molecular weight excluding hydrogens is 308 g/mol. The molecule has 3 nitrogen and oxygen atoms in total. The Balaban J connectivity index is 1.75. The normalized spacial score (nSPS) is 23.8. The van der Waals surface area contributed by atoms with E-state index in [-0.39, 0.29) is 12.0 Å². The lowest BCUT2D eigenvalue weighted by Crippen LogP contribution is -2.30. The molecule has 4 heteroatoms. The summed E-state index contributed by atoms with van der Waals surface area (Å²) < 4.78 is 12.2. The van der Waals surface area contributed by atoms with Gasteiger partial charge in [-0.25, -0.2) is 0 Å². The van der Waals surface area contributed by atoms with E-state index >= 15 is 0 Å². The summed E-state index contributed by atoms with van der Waals surface area (Å²) in [5.74, 6) is 1.24. The molecule has 1 aromatic rings. The number of hydrogen-bond donors (Lipinski definition) is 1. The van der Waals surface area contributed by atoms with Crippen molar-refractivity contribution >= 4 is 15.9 Å². The number of halogens is 1. The van der Waals surface area contributed by atoms with Crippen LogP contribution >= 0.6 is 15.9 Å². The third-order valence-corrected chi connectivity index (χ3v) is 4.45. The van der Waals surface area contributed by atoms with Crippen molar-refractivity contribution in [2.75, 3.05) is 19.8 Å². The molecule has 0 radical (unpaired) electrons. The molecule has 2 atom stereocenters. The zero-order valence-corrected chi connectivity index (χ0v) is 12.5. The average molecular weight is 327 g/mol. The van der Waals surface area contributed by atoms with E-state index < -0.39 is 0 Å². The largest absolute Gasteiger partial charge is 0.493 e. The van der Waals surface area contributed by atoms with Crippen molar-refractivity contribution in [2.24, 2.45) is 5.92 Å². The van der Waals surface area contributed by atoms with Crippen LogP contribution in [0.3, 0.4) is 0 Å². The van der Waals surface area contributed by atoms with Gasteiger partial charge in [0, 0.05) is 29.8 Å². The highest BCUT2D eigenvalue weighted by molar-refractivity contribution is 9.10. The van der Waals surface area contributed by atoms with Gasteiger partial charge in [-0.3, -0.25) is 0 Å². The van der Waals surface area contributed by atoms with Crippen molar-refractivity contribution in [3.05, 3.63) is 27.7 Å². The summed E-state index contributed by atoms with van der Waals surface area (Å²) in [5.41, 5.74) is 2.36. The number of rotatable bonds is 3. The Hall–Kier alpha value is -0.580. The first-order valence-corrected chi connectivity index (χ1v) is 7.73. The first-order valence-electron chi connectivity index (χ1n) is 6.94. The number of aliphatic hydroxyl groups excluding tert-OH is 1. The highest BCUT2D eigenvalue weighted by Crippen LogP contribution is 2.34. The van der Waals surface area contributed by atoms with Gasteiger partial charge in [-0.1, -0.05) is 15.9 Å². The fraction of sp³-hybridized carbons (Fsp3) is 0.600. The standard InChI is InChI=1S/C15H19BrO3/c16-13-6-10-3-5-19-15(10)12(7-13)8-14(17)11-2-1-4-18-9-11/h6-7,11,14,17H,1-5,8-9H2. The van der Waals surface area contributed by atoms with Crippen LogP contribution in [0.4, 0.5) is 0 Å². The zero-order valence-electron chi connectivity index (χ0n) is 10.9. The van der Waals surface area contributed by atoms with Crippen LogP contribution in [-0.4, -0.2) is 31.0 Å². The predicted octanol–water partition coefficient (Wildman–Crippen LogP) is 2.71. The Morgan fingerprint density at radius 2 is 2.26 bits per heavy atom. The Morgan fingerprint density at radius 1 is 1.37 bits per heavy atom. The summed E-state index contributed by atoms with van der Waals surface area (Å²) in [6, 6.07) is 4.18. The quantitative estimate of drug-likeness (QED) is 0.928. The summed E-state index contributed by atoms with van der Waals surface area (Å²) >= 11 is 3.54. The molecule has 2 unspecified atom stereocenters. The molecule has 0 saturated carbocycles. The maximum Gasteiger partial charge on any atom is 0.125 e. The molecule has 3 rings (SSSR count). The van der Waals surface area contributed by atoms with E-state index in [2.05, 4.69) is 28.1 Å². The van der Waals surface area contributed by atoms with Gasteiger partial charge < -0.3 is 14.6 Å². The maximum absolute atomic E-state index is 10.4. The van der Waals surface area contributed by atoms with E-state index in [9.17, 15) is 5.11 Å². The van der Waals surface area contributed by atoms with Gasteiger partial charge in [-0.2, -0.15) is 0 Å². The first kappa shape index (κ1) is 13.4. The summed E-state index contributed by atoms with van der Waals surface area (Å²) in [5, 5.41) is 10.4. The maximum atomic E-state index is 10.4. The van der Waals surface area contributed by atoms with Gasteiger partial charge >= 0.3 is 0 Å². The SMILES string of the molecule is OC(Cc1cc(Br)cc2c1OCC2)C1CCCOC1. The molecule has 2 heterocycles. The minimum atomic E-state index is -0.345. The minimum absolute atomic E-state index is 0.254. The van der Waals surface area contributed by atoms with E-state index in [0.29, 0.717) is 13.0 Å². The lowest BCUT2D eigenvalue weighted by Gasteiger charge is -2.27. The van der Waals surface area contributed by atoms with E-state index in [4.69, 9.17) is 9.47 Å². The highest BCUT2D eigenvalue weighted by Gasteiger charge is 2.25. The fourth-order valence-corrected chi connectivity index (χ4v) is 3.51. The van der Waals surface area contributed by atoms with Gasteiger partial charge in [0.15, 0.2) is 0 Å². The van der Waals surface area contributed by atoms with Gasteiger partial charge in [-0.05, 0) is 36.1 Å². The topological polar surface area (TPSA) is 38.7 Å². The summed E-state index contributed by atoms with van der Waals surface area (Å²) in [4.78, 5) is 0. The Bertz CT molecular complexity index is 455. The second-order valence-corrected chi connectivity index (χ2v) is 6.32. The smallest absolute Gasteiger partial charge is 0.125 e. The van der Waals surface area contributed by atoms with Gasteiger partial charge in [0.25, 0.3) is 0 Å². The third kappa shape index (κ3) is 2.96. The number of aliphatic hydroxyl groups is 1. The monoisotopic (exact) mass is 326 g/mol. The van der Waals surface area contributed by atoms with Crippen LogP contribution in [0, 0.1) is 5.92 Å². The molecule has 0 bridgehead atoms. The average Bonchev–Trinajstić information content (AvgIpc) is 2.88. The van der Waals surface area contributed by atoms with Gasteiger partial charge in [0.2, 0.25) is 0 Å². The van der Waals surface area contributed by atoms with Crippen molar-refractivity contribution in [3.63, 3.8) is 0 Å². The molecule has 104 valence electrons. The molecule has 1 aromatic carbocycles. The molecule has 0 spiro atoms. The third-order valence-electron chi connectivity index (χ3n) is 3.99. The van der Waals surface area contributed by atoms with E-state index in [1.54, 1.807) is 0 Å². The molecule has 1 saturated heterocycles. The zero-order chi connectivity index (χ0) is 13.2. The van der Waals surface area contributed by atoms with E-state index in [1.807, 2.05) is 0 Å². The lowest BCUT2D eigenvalue weighted by molar-refractivity contribution is -0.00864. The second-order valence-electron chi connectivity index (χ2n) is 5.40. The number of fused-ring (bicyclic) bond motifs is 1. The van der Waals surface area contributed by atoms with E-state index in [1.165, 1.54) is 5.56 Å². The summed E-state index contributed by atoms with van der Waals surface area (Å²) in [6.07, 6.45) is 3.37. The van der Waals surface area contributed by atoms with Gasteiger partial charge in [-0.15, -0.1) is 0 Å². The minimum Gasteiger partial charge on any atom is -0.493 e. The first-order chi connectivity index (χ1) is 9.24. The van der Waals surface area contributed by atoms with Crippen LogP contribution in [0.2, 0.25) is 0 Å². The van der Waals surface area contributed by atoms with Crippen LogP contribution in [-0.2, 0) is 17.6 Å². The Morgan fingerprint density at radius 3 is 3.05 bits per heavy atom. The van der Waals surface area contributed by atoms with Crippen molar-refractivity contribution in [3.8, 4) is 5.75 Å². The molecule has 1 N–H and O–H groups in total. The van der Waals surface area contributed by atoms with Crippen LogP contribution in [0.25, 0.3) is 0 Å². The molecule has 0 aromatic heterocycles. The van der Waals surface area contributed by atoms with Gasteiger partial charge in [0.1, 0.15) is 5.75 Å². The predicted molar refractivity (Wildman–Crippen MR) is 76.6 cm³/mol. The molecule has 2 aliphatic rings. The van der Waals surface area contributed by atoms with Gasteiger partial charge in [0.05, 0.1) is 19.3 Å². The number of hydrogen-bond acceptors (Lipinski definition) is 3. The molecule has 19 heavy (non-hydrogen) atoms. The Labute approximate surface area is 122 Å². The van der Waals surface area contributed by atoms with Crippen LogP contribution in [0.15, 0.2) is 16.6 Å². The van der Waals surface area contributed by atoms with Crippen LogP contribution in [0.1, 0.15) is 24.0 Å². The fourth-order valence-electron chi connectivity index (χ4n) is 2.96. The van der Waals surface area contributed by atoms with Crippen molar-refractivity contribution in [1.29, 1.82) is 0 Å². The molecule has 2 aliphatic heterocycles. The van der Waals surface area contributed by atoms with Crippen LogP contribution < -0.4 is 4.74 Å².